The van der Waals surface area contributed by atoms with Gasteiger partial charge in [-0.1, -0.05) is 26.8 Å². The molecule has 1 aromatic carbocycles. The van der Waals surface area contributed by atoms with E-state index in [4.69, 9.17) is 4.74 Å². The van der Waals surface area contributed by atoms with E-state index in [0.29, 0.717) is 12.0 Å². The lowest BCUT2D eigenvalue weighted by molar-refractivity contribution is 0.219. The number of nitrogens with zero attached hydrogens (tertiary/aromatic N) is 1. The van der Waals surface area contributed by atoms with Gasteiger partial charge in [0.05, 0.1) is 6.61 Å². The molecule has 3 nitrogen and oxygen atoms in total. The van der Waals surface area contributed by atoms with Crippen molar-refractivity contribution in [1.29, 1.82) is 0 Å². The molecule has 2 rings (SSSR count). The van der Waals surface area contributed by atoms with Crippen molar-refractivity contribution in [2.45, 2.75) is 46.1 Å². The van der Waals surface area contributed by atoms with Crippen LogP contribution in [0.2, 0.25) is 0 Å². The van der Waals surface area contributed by atoms with Gasteiger partial charge in [-0.25, -0.2) is 0 Å². The number of ether oxygens (including phenoxy) is 1. The van der Waals surface area contributed by atoms with Crippen molar-refractivity contribution in [1.82, 2.24) is 4.90 Å². The quantitative estimate of drug-likeness (QED) is 0.821. The van der Waals surface area contributed by atoms with E-state index in [-0.39, 0.29) is 0 Å². The molecule has 1 aliphatic rings. The maximum absolute atomic E-state index is 5.80. The van der Waals surface area contributed by atoms with Crippen LogP contribution in [-0.4, -0.2) is 37.2 Å². The highest BCUT2D eigenvalue weighted by atomic mass is 16.5. The maximum atomic E-state index is 5.80. The SMILES string of the molecule is CCCN1CCC(Nc2cccc(OCC(C)C)c2)CC1. The summed E-state index contributed by atoms with van der Waals surface area (Å²) < 4.78 is 5.80. The lowest BCUT2D eigenvalue weighted by Crippen LogP contribution is -2.39. The Balaban J connectivity index is 1.81. The minimum atomic E-state index is 0.560. The Morgan fingerprint density at radius 1 is 1.29 bits per heavy atom. The van der Waals surface area contributed by atoms with Crippen molar-refractivity contribution in [2.24, 2.45) is 5.92 Å². The average Bonchev–Trinajstić information content (AvgIpc) is 2.48. The second-order valence-electron chi connectivity index (χ2n) is 6.49. The number of hydrogen-bond donors (Lipinski definition) is 1. The Bertz CT molecular complexity index is 411. The van der Waals surface area contributed by atoms with Gasteiger partial charge in [-0.15, -0.1) is 0 Å². The van der Waals surface area contributed by atoms with Crippen LogP contribution in [0, 0.1) is 5.92 Å². The molecule has 1 fully saturated rings. The second kappa shape index (κ2) is 8.28. The van der Waals surface area contributed by atoms with E-state index < -0.39 is 0 Å². The summed E-state index contributed by atoms with van der Waals surface area (Å²) >= 11 is 0. The molecule has 0 atom stereocenters. The van der Waals surface area contributed by atoms with Crippen molar-refractivity contribution >= 4 is 5.69 Å². The number of hydrogen-bond acceptors (Lipinski definition) is 3. The Morgan fingerprint density at radius 3 is 2.71 bits per heavy atom. The number of benzene rings is 1. The zero-order valence-electron chi connectivity index (χ0n) is 13.8. The van der Waals surface area contributed by atoms with Gasteiger partial charge in [-0.3, -0.25) is 0 Å². The van der Waals surface area contributed by atoms with Crippen LogP contribution in [0.25, 0.3) is 0 Å². The van der Waals surface area contributed by atoms with Crippen LogP contribution >= 0.6 is 0 Å². The summed E-state index contributed by atoms with van der Waals surface area (Å²) in [6.45, 7) is 11.1. The summed E-state index contributed by atoms with van der Waals surface area (Å²) in [6, 6.07) is 8.97. The van der Waals surface area contributed by atoms with Gasteiger partial charge < -0.3 is 15.0 Å². The highest BCUT2D eigenvalue weighted by Crippen LogP contribution is 2.21. The molecule has 0 amide bonds. The molecule has 0 bridgehead atoms. The van der Waals surface area contributed by atoms with Crippen molar-refractivity contribution in [3.8, 4) is 5.75 Å². The number of piperidine rings is 1. The van der Waals surface area contributed by atoms with Gasteiger partial charge in [0.1, 0.15) is 5.75 Å². The van der Waals surface area contributed by atoms with E-state index in [9.17, 15) is 0 Å². The molecule has 1 saturated heterocycles. The van der Waals surface area contributed by atoms with Crippen LogP contribution in [0.1, 0.15) is 40.0 Å². The average molecular weight is 290 g/mol. The molecule has 0 unspecified atom stereocenters. The standard InChI is InChI=1S/C18H30N2O/c1-4-10-20-11-8-16(9-12-20)19-17-6-5-7-18(13-17)21-14-15(2)3/h5-7,13,15-16,19H,4,8-12,14H2,1-3H3. The predicted molar refractivity (Wildman–Crippen MR) is 90.2 cm³/mol. The van der Waals surface area contributed by atoms with E-state index in [0.717, 1.165) is 12.4 Å². The lowest BCUT2D eigenvalue weighted by Gasteiger charge is -2.32. The Labute approximate surface area is 129 Å². The van der Waals surface area contributed by atoms with Crippen LogP contribution in [-0.2, 0) is 0 Å². The monoisotopic (exact) mass is 290 g/mol. The first kappa shape index (κ1) is 16.2. The first-order valence-corrected chi connectivity index (χ1v) is 8.39. The van der Waals surface area contributed by atoms with Crippen molar-refractivity contribution in [3.63, 3.8) is 0 Å². The van der Waals surface area contributed by atoms with Crippen LogP contribution in [0.4, 0.5) is 5.69 Å². The van der Waals surface area contributed by atoms with Crippen molar-refractivity contribution in [2.75, 3.05) is 31.6 Å². The van der Waals surface area contributed by atoms with Gasteiger partial charge in [0, 0.05) is 30.9 Å². The van der Waals surface area contributed by atoms with Gasteiger partial charge in [-0.2, -0.15) is 0 Å². The molecule has 1 heterocycles. The summed E-state index contributed by atoms with van der Waals surface area (Å²) in [5.74, 6) is 1.53. The molecule has 1 aromatic rings. The van der Waals surface area contributed by atoms with Gasteiger partial charge in [0.2, 0.25) is 0 Å². The Morgan fingerprint density at radius 2 is 2.05 bits per heavy atom. The Hall–Kier alpha value is -1.22. The smallest absolute Gasteiger partial charge is 0.121 e. The third kappa shape index (κ3) is 5.58. The fourth-order valence-corrected chi connectivity index (χ4v) is 2.79. The van der Waals surface area contributed by atoms with Crippen molar-refractivity contribution in [3.05, 3.63) is 24.3 Å². The van der Waals surface area contributed by atoms with Gasteiger partial charge in [0.25, 0.3) is 0 Å². The summed E-state index contributed by atoms with van der Waals surface area (Å²) in [5.41, 5.74) is 1.19. The van der Waals surface area contributed by atoms with Gasteiger partial charge in [0.15, 0.2) is 0 Å². The highest BCUT2D eigenvalue weighted by molar-refractivity contribution is 5.48. The van der Waals surface area contributed by atoms with E-state index in [1.807, 2.05) is 6.07 Å². The fraction of sp³-hybridized carbons (Fsp3) is 0.667. The van der Waals surface area contributed by atoms with Gasteiger partial charge in [-0.05, 0) is 43.9 Å². The van der Waals surface area contributed by atoms with Crippen LogP contribution in [0.5, 0.6) is 5.75 Å². The molecule has 1 N–H and O–H groups in total. The third-order valence-electron chi connectivity index (χ3n) is 3.92. The molecule has 1 aliphatic heterocycles. The van der Waals surface area contributed by atoms with Gasteiger partial charge >= 0.3 is 0 Å². The first-order chi connectivity index (χ1) is 10.2. The zero-order chi connectivity index (χ0) is 15.1. The van der Waals surface area contributed by atoms with E-state index in [1.165, 1.54) is 44.6 Å². The molecule has 21 heavy (non-hydrogen) atoms. The molecule has 3 heteroatoms. The van der Waals surface area contributed by atoms with E-state index in [1.54, 1.807) is 0 Å². The fourth-order valence-electron chi connectivity index (χ4n) is 2.79. The topological polar surface area (TPSA) is 24.5 Å². The summed E-state index contributed by atoms with van der Waals surface area (Å²) in [5, 5.41) is 3.66. The number of nitrogens with one attached hydrogen (secondary N) is 1. The van der Waals surface area contributed by atoms with E-state index >= 15 is 0 Å². The van der Waals surface area contributed by atoms with Crippen LogP contribution < -0.4 is 10.1 Å². The normalized spacial score (nSPS) is 17.1. The first-order valence-electron chi connectivity index (χ1n) is 8.39. The van der Waals surface area contributed by atoms with E-state index in [2.05, 4.69) is 49.2 Å². The van der Waals surface area contributed by atoms with Crippen molar-refractivity contribution < 1.29 is 4.74 Å². The molecule has 0 saturated carbocycles. The van der Waals surface area contributed by atoms with Crippen LogP contribution in [0.3, 0.4) is 0 Å². The van der Waals surface area contributed by atoms with Crippen LogP contribution in [0.15, 0.2) is 24.3 Å². The maximum Gasteiger partial charge on any atom is 0.121 e. The summed E-state index contributed by atoms with van der Waals surface area (Å²) in [6.07, 6.45) is 3.72. The molecule has 0 aromatic heterocycles. The predicted octanol–water partition coefficient (Wildman–Crippen LogP) is 4.01. The number of anilines is 1. The highest BCUT2D eigenvalue weighted by Gasteiger charge is 2.18. The minimum Gasteiger partial charge on any atom is -0.493 e. The third-order valence-corrected chi connectivity index (χ3v) is 3.92. The molecular formula is C18H30N2O. The Kier molecular flexibility index (Phi) is 6.37. The molecule has 0 spiro atoms. The summed E-state index contributed by atoms with van der Waals surface area (Å²) in [7, 11) is 0. The zero-order valence-corrected chi connectivity index (χ0v) is 13.8. The minimum absolute atomic E-state index is 0.560. The number of likely N-dealkylation sites (tertiary alicyclic amines) is 1. The molecule has 0 aliphatic carbocycles. The molecule has 118 valence electrons. The molecule has 0 radical (unpaired) electrons. The number of rotatable bonds is 7. The molecular weight excluding hydrogens is 260 g/mol. The summed E-state index contributed by atoms with van der Waals surface area (Å²) in [4.78, 5) is 2.57. The largest absolute Gasteiger partial charge is 0.493 e. The second-order valence-corrected chi connectivity index (χ2v) is 6.49. The lowest BCUT2D eigenvalue weighted by atomic mass is 10.0.